The van der Waals surface area contributed by atoms with Gasteiger partial charge in [-0.15, -0.1) is 0 Å². The van der Waals surface area contributed by atoms with E-state index in [2.05, 4.69) is 25.8 Å². The Morgan fingerprint density at radius 3 is 2.55 bits per heavy atom. The largest absolute Gasteiger partial charge is 0.492 e. The van der Waals surface area contributed by atoms with Crippen LogP contribution in [0.5, 0.6) is 11.5 Å². The van der Waals surface area contributed by atoms with Crippen LogP contribution in [0.2, 0.25) is 0 Å². The summed E-state index contributed by atoms with van der Waals surface area (Å²) < 4.78 is 11.2. The second-order valence-electron chi connectivity index (χ2n) is 6.03. The van der Waals surface area contributed by atoms with E-state index in [1.807, 2.05) is 38.3 Å². The summed E-state index contributed by atoms with van der Waals surface area (Å²) in [5, 5.41) is 0. The molecular formula is C17H27NO2. The van der Waals surface area contributed by atoms with Gasteiger partial charge in [0.05, 0.1) is 13.2 Å². The summed E-state index contributed by atoms with van der Waals surface area (Å²) in [5.41, 5.74) is 1.19. The molecule has 3 nitrogen and oxygen atoms in total. The van der Waals surface area contributed by atoms with Gasteiger partial charge in [-0.3, -0.25) is 4.99 Å². The maximum Gasteiger partial charge on any atom is 0.169 e. The zero-order valence-electron chi connectivity index (χ0n) is 13.6. The molecule has 0 saturated carbocycles. The van der Waals surface area contributed by atoms with E-state index < -0.39 is 0 Å². The van der Waals surface area contributed by atoms with Crippen LogP contribution in [0.1, 0.15) is 46.6 Å². The van der Waals surface area contributed by atoms with Gasteiger partial charge in [-0.1, -0.05) is 26.8 Å². The van der Waals surface area contributed by atoms with Gasteiger partial charge in [0.1, 0.15) is 0 Å². The number of hydrogen-bond acceptors (Lipinski definition) is 3. The first kappa shape index (κ1) is 16.5. The van der Waals surface area contributed by atoms with Crippen LogP contribution in [0.15, 0.2) is 23.2 Å². The smallest absolute Gasteiger partial charge is 0.169 e. The Hall–Kier alpha value is -1.51. The van der Waals surface area contributed by atoms with Crippen molar-refractivity contribution in [1.29, 1.82) is 0 Å². The third kappa shape index (κ3) is 4.87. The van der Waals surface area contributed by atoms with E-state index in [0.717, 1.165) is 30.0 Å². The fourth-order valence-corrected chi connectivity index (χ4v) is 1.70. The van der Waals surface area contributed by atoms with Gasteiger partial charge < -0.3 is 9.47 Å². The molecule has 0 aliphatic carbocycles. The number of rotatable bonds is 7. The summed E-state index contributed by atoms with van der Waals surface area (Å²) in [6, 6.07) is 5.88. The highest BCUT2D eigenvalue weighted by Crippen LogP contribution is 2.31. The van der Waals surface area contributed by atoms with Gasteiger partial charge >= 0.3 is 0 Å². The third-order valence-electron chi connectivity index (χ3n) is 3.28. The minimum absolute atomic E-state index is 0.120. The lowest BCUT2D eigenvalue weighted by molar-refractivity contribution is 0.230. The highest BCUT2D eigenvalue weighted by atomic mass is 16.5. The van der Waals surface area contributed by atoms with Crippen LogP contribution >= 0.6 is 0 Å². The van der Waals surface area contributed by atoms with Gasteiger partial charge in [0.2, 0.25) is 0 Å². The normalized spacial score (nSPS) is 12.2. The van der Waals surface area contributed by atoms with Gasteiger partial charge in [0.25, 0.3) is 0 Å². The van der Waals surface area contributed by atoms with Crippen LogP contribution in [0, 0.1) is 5.41 Å². The number of benzene rings is 1. The molecule has 0 N–H and O–H groups in total. The summed E-state index contributed by atoms with van der Waals surface area (Å²) >= 11 is 0. The maximum atomic E-state index is 5.76. The second-order valence-corrected chi connectivity index (χ2v) is 6.03. The number of ether oxygens (including phenoxy) is 2. The lowest BCUT2D eigenvalue weighted by Gasteiger charge is -2.19. The number of aliphatic imine (C=N–C) groups is 1. The zero-order valence-corrected chi connectivity index (χ0v) is 13.6. The highest BCUT2D eigenvalue weighted by Gasteiger charge is 2.14. The summed E-state index contributed by atoms with van der Waals surface area (Å²) in [4.78, 5) is 4.55. The molecule has 0 spiro atoms. The monoisotopic (exact) mass is 277 g/mol. The van der Waals surface area contributed by atoms with Crippen molar-refractivity contribution >= 4 is 6.21 Å². The molecule has 0 heterocycles. The summed E-state index contributed by atoms with van der Waals surface area (Å²) in [6.07, 6.45) is 3.11. The predicted octanol–water partition coefficient (Wildman–Crippen LogP) is 4.34. The molecule has 0 saturated heterocycles. The number of hydrogen-bond donors (Lipinski definition) is 0. The van der Waals surface area contributed by atoms with E-state index in [-0.39, 0.29) is 11.5 Å². The molecule has 20 heavy (non-hydrogen) atoms. The van der Waals surface area contributed by atoms with Crippen molar-refractivity contribution in [3.63, 3.8) is 0 Å². The molecule has 0 amide bonds. The molecule has 0 radical (unpaired) electrons. The second kappa shape index (κ2) is 7.32. The standard InChI is InChI=1S/C17H27NO2/c1-7-17(4,5)12-18-11-14-9-8-10-15(16(14)19-6)20-13(2)3/h8-11,13H,7,12H2,1-6H3. The summed E-state index contributed by atoms with van der Waals surface area (Å²) in [6.45, 7) is 11.4. The van der Waals surface area contributed by atoms with Crippen molar-refractivity contribution in [2.45, 2.75) is 47.1 Å². The van der Waals surface area contributed by atoms with Crippen molar-refractivity contribution in [3.05, 3.63) is 23.8 Å². The molecule has 3 heteroatoms. The molecular weight excluding hydrogens is 250 g/mol. The molecule has 112 valence electrons. The van der Waals surface area contributed by atoms with E-state index in [1.54, 1.807) is 7.11 Å². The Kier molecular flexibility index (Phi) is 6.05. The van der Waals surface area contributed by atoms with E-state index in [9.17, 15) is 0 Å². The van der Waals surface area contributed by atoms with Crippen molar-refractivity contribution in [2.24, 2.45) is 10.4 Å². The summed E-state index contributed by atoms with van der Waals surface area (Å²) in [5.74, 6) is 1.51. The fraction of sp³-hybridized carbons (Fsp3) is 0.588. The highest BCUT2D eigenvalue weighted by molar-refractivity contribution is 5.85. The third-order valence-corrected chi connectivity index (χ3v) is 3.28. The Morgan fingerprint density at radius 1 is 1.30 bits per heavy atom. The van der Waals surface area contributed by atoms with Gasteiger partial charge in [-0.2, -0.15) is 0 Å². The molecule has 0 bridgehead atoms. The Morgan fingerprint density at radius 2 is 2.00 bits per heavy atom. The van der Waals surface area contributed by atoms with Crippen molar-refractivity contribution < 1.29 is 9.47 Å². The molecule has 0 aliphatic heterocycles. The number of methoxy groups -OCH3 is 1. The van der Waals surface area contributed by atoms with Gasteiger partial charge in [0.15, 0.2) is 11.5 Å². The molecule has 1 rings (SSSR count). The number of nitrogens with zero attached hydrogens (tertiary/aromatic N) is 1. The molecule has 0 aliphatic rings. The lowest BCUT2D eigenvalue weighted by Crippen LogP contribution is -2.13. The zero-order chi connectivity index (χ0) is 15.2. The van der Waals surface area contributed by atoms with Crippen LogP contribution in [0.3, 0.4) is 0 Å². The van der Waals surface area contributed by atoms with Gasteiger partial charge in [0, 0.05) is 18.3 Å². The minimum atomic E-state index is 0.120. The van der Waals surface area contributed by atoms with Crippen molar-refractivity contribution in [1.82, 2.24) is 0 Å². The molecule has 0 fully saturated rings. The first-order valence-corrected chi connectivity index (χ1v) is 7.23. The van der Waals surface area contributed by atoms with Crippen LogP contribution in [-0.2, 0) is 0 Å². The maximum absolute atomic E-state index is 5.76. The average molecular weight is 277 g/mol. The van der Waals surface area contributed by atoms with E-state index in [4.69, 9.17) is 9.47 Å². The average Bonchev–Trinajstić information content (AvgIpc) is 2.38. The Balaban J connectivity index is 2.92. The topological polar surface area (TPSA) is 30.8 Å². The predicted molar refractivity (Wildman–Crippen MR) is 85.3 cm³/mol. The summed E-state index contributed by atoms with van der Waals surface area (Å²) in [7, 11) is 1.66. The Labute approximate surface area is 123 Å². The van der Waals surface area contributed by atoms with E-state index >= 15 is 0 Å². The van der Waals surface area contributed by atoms with Crippen molar-refractivity contribution in [3.8, 4) is 11.5 Å². The number of para-hydroxylation sites is 1. The first-order chi connectivity index (χ1) is 9.39. The van der Waals surface area contributed by atoms with Gasteiger partial charge in [-0.25, -0.2) is 0 Å². The molecule has 0 unspecified atom stereocenters. The first-order valence-electron chi connectivity index (χ1n) is 7.23. The van der Waals surface area contributed by atoms with Crippen LogP contribution < -0.4 is 9.47 Å². The minimum Gasteiger partial charge on any atom is -0.492 e. The molecule has 0 aromatic heterocycles. The lowest BCUT2D eigenvalue weighted by atomic mass is 9.91. The van der Waals surface area contributed by atoms with Crippen molar-refractivity contribution in [2.75, 3.05) is 13.7 Å². The molecule has 0 atom stereocenters. The van der Waals surface area contributed by atoms with Crippen LogP contribution in [0.25, 0.3) is 0 Å². The van der Waals surface area contributed by atoms with E-state index in [0.29, 0.717) is 0 Å². The van der Waals surface area contributed by atoms with Gasteiger partial charge in [-0.05, 0) is 37.8 Å². The van der Waals surface area contributed by atoms with E-state index in [1.165, 1.54) is 0 Å². The fourth-order valence-electron chi connectivity index (χ4n) is 1.70. The SMILES string of the molecule is CCC(C)(C)CN=Cc1cccc(OC(C)C)c1OC. The molecule has 1 aromatic rings. The van der Waals surface area contributed by atoms with Crippen LogP contribution in [-0.4, -0.2) is 26.0 Å². The molecule has 1 aromatic carbocycles. The quantitative estimate of drug-likeness (QED) is 0.694. The van der Waals surface area contributed by atoms with Crippen LogP contribution in [0.4, 0.5) is 0 Å². The Bertz CT molecular complexity index is 450.